The lowest BCUT2D eigenvalue weighted by Gasteiger charge is -2.11. The first-order valence-corrected chi connectivity index (χ1v) is 6.79. The summed E-state index contributed by atoms with van der Waals surface area (Å²) in [5.41, 5.74) is 1.95. The molecule has 0 atom stereocenters. The molecule has 0 aliphatic rings. The number of halogens is 2. The minimum Gasteiger partial charge on any atom is -0.497 e. The van der Waals surface area contributed by atoms with Crippen LogP contribution in [0.2, 0.25) is 10.0 Å². The summed E-state index contributed by atoms with van der Waals surface area (Å²) >= 11 is 11.9. The molecule has 0 radical (unpaired) electrons. The highest BCUT2D eigenvalue weighted by Crippen LogP contribution is 2.26. The molecule has 0 heterocycles. The third kappa shape index (κ3) is 3.71. The van der Waals surface area contributed by atoms with Gasteiger partial charge in [0, 0.05) is 18.3 Å². The molecule has 0 fully saturated rings. The predicted octanol–water partition coefficient (Wildman–Crippen LogP) is 4.62. The van der Waals surface area contributed by atoms with Gasteiger partial charge in [0.1, 0.15) is 11.5 Å². The van der Waals surface area contributed by atoms with Gasteiger partial charge in [0.15, 0.2) is 0 Å². The molecule has 0 spiro atoms. The molecule has 2 aromatic carbocycles. The molecular weight excluding hydrogens is 297 g/mol. The quantitative estimate of drug-likeness (QED) is 0.873. The van der Waals surface area contributed by atoms with Crippen molar-refractivity contribution in [2.24, 2.45) is 0 Å². The van der Waals surface area contributed by atoms with Crippen LogP contribution in [-0.4, -0.2) is 14.2 Å². The van der Waals surface area contributed by atoms with Gasteiger partial charge >= 0.3 is 0 Å². The van der Waals surface area contributed by atoms with Crippen LogP contribution in [0, 0.1) is 0 Å². The van der Waals surface area contributed by atoms with Gasteiger partial charge in [0.05, 0.1) is 24.3 Å². The largest absolute Gasteiger partial charge is 0.497 e. The molecule has 20 heavy (non-hydrogen) atoms. The van der Waals surface area contributed by atoms with E-state index < -0.39 is 0 Å². The Balaban J connectivity index is 2.11. The lowest BCUT2D eigenvalue weighted by molar-refractivity contribution is 0.393. The van der Waals surface area contributed by atoms with E-state index in [0.717, 1.165) is 22.7 Å². The summed E-state index contributed by atoms with van der Waals surface area (Å²) in [5, 5.41) is 4.35. The van der Waals surface area contributed by atoms with Gasteiger partial charge in [0.25, 0.3) is 0 Å². The average molecular weight is 312 g/mol. The minimum absolute atomic E-state index is 0.528. The van der Waals surface area contributed by atoms with Crippen molar-refractivity contribution in [3.05, 3.63) is 52.0 Å². The van der Waals surface area contributed by atoms with Crippen molar-refractivity contribution in [1.82, 2.24) is 0 Å². The van der Waals surface area contributed by atoms with Gasteiger partial charge < -0.3 is 14.8 Å². The molecule has 5 heteroatoms. The summed E-state index contributed by atoms with van der Waals surface area (Å²) in [6.45, 7) is 0.630. The molecule has 0 unspecified atom stereocenters. The first-order valence-electron chi connectivity index (χ1n) is 6.03. The molecule has 0 aliphatic carbocycles. The van der Waals surface area contributed by atoms with Gasteiger partial charge in [-0.15, -0.1) is 0 Å². The first-order chi connectivity index (χ1) is 9.62. The maximum absolute atomic E-state index is 5.98. The highest BCUT2D eigenvalue weighted by molar-refractivity contribution is 6.42. The molecule has 0 bridgehead atoms. The van der Waals surface area contributed by atoms with Crippen LogP contribution in [0.25, 0.3) is 0 Å². The van der Waals surface area contributed by atoms with E-state index in [2.05, 4.69) is 5.32 Å². The van der Waals surface area contributed by atoms with Crippen LogP contribution in [0.4, 0.5) is 5.69 Å². The normalized spacial score (nSPS) is 10.2. The fourth-order valence-electron chi connectivity index (χ4n) is 1.78. The average Bonchev–Trinajstić information content (AvgIpc) is 2.48. The van der Waals surface area contributed by atoms with Crippen molar-refractivity contribution in [3.8, 4) is 11.5 Å². The van der Waals surface area contributed by atoms with Crippen molar-refractivity contribution in [3.63, 3.8) is 0 Å². The van der Waals surface area contributed by atoms with E-state index in [-0.39, 0.29) is 0 Å². The Hall–Kier alpha value is -1.58. The van der Waals surface area contributed by atoms with Gasteiger partial charge in [0.2, 0.25) is 0 Å². The van der Waals surface area contributed by atoms with E-state index in [1.165, 1.54) is 0 Å². The maximum Gasteiger partial charge on any atom is 0.122 e. The van der Waals surface area contributed by atoms with Crippen molar-refractivity contribution >= 4 is 28.9 Å². The van der Waals surface area contributed by atoms with Gasteiger partial charge in [-0.25, -0.2) is 0 Å². The number of ether oxygens (including phenoxy) is 2. The zero-order valence-corrected chi connectivity index (χ0v) is 12.8. The Morgan fingerprint density at radius 2 is 1.55 bits per heavy atom. The van der Waals surface area contributed by atoms with Crippen LogP contribution in [0.15, 0.2) is 36.4 Å². The van der Waals surface area contributed by atoms with E-state index >= 15 is 0 Å². The molecule has 0 saturated carbocycles. The third-order valence-electron chi connectivity index (χ3n) is 2.83. The molecule has 0 aliphatic heterocycles. The third-order valence-corrected chi connectivity index (χ3v) is 3.57. The number of rotatable bonds is 5. The molecule has 2 rings (SSSR count). The van der Waals surface area contributed by atoms with Crippen LogP contribution in [0.3, 0.4) is 0 Å². The monoisotopic (exact) mass is 311 g/mol. The fraction of sp³-hybridized carbons (Fsp3) is 0.200. The number of hydrogen-bond donors (Lipinski definition) is 1. The van der Waals surface area contributed by atoms with Crippen LogP contribution < -0.4 is 14.8 Å². The van der Waals surface area contributed by atoms with E-state index in [1.807, 2.05) is 24.3 Å². The zero-order valence-electron chi connectivity index (χ0n) is 11.2. The molecule has 2 aromatic rings. The van der Waals surface area contributed by atoms with Crippen molar-refractivity contribution in [1.29, 1.82) is 0 Å². The Labute approximate surface area is 128 Å². The summed E-state index contributed by atoms with van der Waals surface area (Å²) in [6, 6.07) is 11.2. The van der Waals surface area contributed by atoms with Crippen molar-refractivity contribution < 1.29 is 9.47 Å². The van der Waals surface area contributed by atoms with E-state index in [4.69, 9.17) is 32.7 Å². The van der Waals surface area contributed by atoms with Crippen LogP contribution in [0.5, 0.6) is 11.5 Å². The molecule has 0 aromatic heterocycles. The van der Waals surface area contributed by atoms with Crippen LogP contribution >= 0.6 is 23.2 Å². The summed E-state index contributed by atoms with van der Waals surface area (Å²) in [6.07, 6.45) is 0. The first kappa shape index (κ1) is 14.8. The maximum atomic E-state index is 5.98. The van der Waals surface area contributed by atoms with Crippen molar-refractivity contribution in [2.45, 2.75) is 6.54 Å². The van der Waals surface area contributed by atoms with Crippen LogP contribution in [0.1, 0.15) is 5.56 Å². The SMILES string of the molecule is COc1cc(CNc2ccc(Cl)c(Cl)c2)cc(OC)c1. The van der Waals surface area contributed by atoms with E-state index in [1.54, 1.807) is 26.4 Å². The second kappa shape index (κ2) is 6.73. The highest BCUT2D eigenvalue weighted by Gasteiger charge is 2.03. The number of methoxy groups -OCH3 is 2. The van der Waals surface area contributed by atoms with E-state index in [9.17, 15) is 0 Å². The lowest BCUT2D eigenvalue weighted by atomic mass is 10.2. The van der Waals surface area contributed by atoms with Gasteiger partial charge in [-0.05, 0) is 35.9 Å². The van der Waals surface area contributed by atoms with Gasteiger partial charge in [-0.3, -0.25) is 0 Å². The topological polar surface area (TPSA) is 30.5 Å². The summed E-state index contributed by atoms with van der Waals surface area (Å²) in [5.74, 6) is 1.52. The highest BCUT2D eigenvalue weighted by atomic mass is 35.5. The Morgan fingerprint density at radius 3 is 2.10 bits per heavy atom. The Morgan fingerprint density at radius 1 is 0.900 bits per heavy atom. The standard InChI is InChI=1S/C15H15Cl2NO2/c1-19-12-5-10(6-13(8-12)20-2)9-18-11-3-4-14(16)15(17)7-11/h3-8,18H,9H2,1-2H3. The minimum atomic E-state index is 0.528. The summed E-state index contributed by atoms with van der Waals surface area (Å²) in [4.78, 5) is 0. The number of anilines is 1. The molecule has 1 N–H and O–H groups in total. The molecule has 0 saturated heterocycles. The number of hydrogen-bond acceptors (Lipinski definition) is 3. The fourth-order valence-corrected chi connectivity index (χ4v) is 2.08. The number of nitrogens with one attached hydrogen (secondary N) is 1. The summed E-state index contributed by atoms with van der Waals surface area (Å²) < 4.78 is 10.5. The number of benzene rings is 2. The smallest absolute Gasteiger partial charge is 0.122 e. The second-order valence-corrected chi connectivity index (χ2v) is 5.02. The van der Waals surface area contributed by atoms with Gasteiger partial charge in [-0.1, -0.05) is 23.2 Å². The predicted molar refractivity (Wildman–Crippen MR) is 83.3 cm³/mol. The Kier molecular flexibility index (Phi) is 4.99. The Bertz CT molecular complexity index is 580. The van der Waals surface area contributed by atoms with Crippen molar-refractivity contribution in [2.75, 3.05) is 19.5 Å². The summed E-state index contributed by atoms with van der Waals surface area (Å²) in [7, 11) is 3.26. The molecule has 0 amide bonds. The van der Waals surface area contributed by atoms with Gasteiger partial charge in [-0.2, -0.15) is 0 Å². The lowest BCUT2D eigenvalue weighted by Crippen LogP contribution is -2.00. The second-order valence-electron chi connectivity index (χ2n) is 4.20. The zero-order chi connectivity index (χ0) is 14.5. The van der Waals surface area contributed by atoms with Crippen LogP contribution in [-0.2, 0) is 6.54 Å². The van der Waals surface area contributed by atoms with E-state index in [0.29, 0.717) is 16.6 Å². The molecular formula is C15H15Cl2NO2. The molecule has 106 valence electrons. The molecule has 3 nitrogen and oxygen atoms in total.